The number of amides is 1. The molecular formula is C10H12FN3OS. The van der Waals surface area contributed by atoms with Crippen LogP contribution in [-0.4, -0.2) is 15.9 Å². The summed E-state index contributed by atoms with van der Waals surface area (Å²) in [5, 5.41) is 2.42. The van der Waals surface area contributed by atoms with Crippen LogP contribution in [-0.2, 0) is 4.79 Å². The van der Waals surface area contributed by atoms with E-state index in [1.165, 1.54) is 12.3 Å². The smallest absolute Gasteiger partial charge is 0.234 e. The Kier molecular flexibility index (Phi) is 4.30. The predicted octanol–water partition coefficient (Wildman–Crippen LogP) is 1.47. The Hall–Kier alpha value is -1.56. The Balaban J connectivity index is 2.78. The molecule has 1 rings (SSSR count). The van der Waals surface area contributed by atoms with Crippen molar-refractivity contribution in [3.63, 3.8) is 0 Å². The van der Waals surface area contributed by atoms with Gasteiger partial charge in [-0.15, -0.1) is 0 Å². The van der Waals surface area contributed by atoms with E-state index in [2.05, 4.69) is 10.3 Å². The number of halogens is 1. The lowest BCUT2D eigenvalue weighted by molar-refractivity contribution is -0.118. The van der Waals surface area contributed by atoms with E-state index in [0.29, 0.717) is 6.42 Å². The topological polar surface area (TPSA) is 68.0 Å². The maximum atomic E-state index is 13.2. The molecule has 0 aliphatic heterocycles. The highest BCUT2D eigenvalue weighted by atomic mass is 32.1. The van der Waals surface area contributed by atoms with Gasteiger partial charge < -0.3 is 11.1 Å². The second-order valence-corrected chi connectivity index (χ2v) is 3.68. The van der Waals surface area contributed by atoms with Crippen LogP contribution in [0.15, 0.2) is 18.5 Å². The maximum absolute atomic E-state index is 13.2. The zero-order valence-corrected chi connectivity index (χ0v) is 9.55. The molecule has 0 aromatic carbocycles. The van der Waals surface area contributed by atoms with Gasteiger partial charge in [-0.25, -0.2) is 4.39 Å². The first-order valence-corrected chi connectivity index (χ1v) is 5.16. The summed E-state index contributed by atoms with van der Waals surface area (Å²) in [5.74, 6) is -1.57. The number of pyridine rings is 1. The minimum atomic E-state index is -0.589. The molecule has 3 N–H and O–H groups in total. The zero-order valence-electron chi connectivity index (χ0n) is 8.74. The molecule has 0 radical (unpaired) electrons. The van der Waals surface area contributed by atoms with Gasteiger partial charge in [0.05, 0.1) is 22.8 Å². The summed E-state index contributed by atoms with van der Waals surface area (Å²) in [6, 6.07) is 1.37. The van der Waals surface area contributed by atoms with Crippen LogP contribution >= 0.6 is 12.2 Å². The van der Waals surface area contributed by atoms with Crippen molar-refractivity contribution in [2.24, 2.45) is 11.7 Å². The van der Waals surface area contributed by atoms with Crippen LogP contribution in [0.3, 0.4) is 0 Å². The van der Waals surface area contributed by atoms with Crippen LogP contribution < -0.4 is 11.1 Å². The van der Waals surface area contributed by atoms with Crippen LogP contribution in [0.1, 0.15) is 13.3 Å². The Morgan fingerprint density at radius 1 is 1.75 bits per heavy atom. The molecule has 1 aromatic heterocycles. The van der Waals surface area contributed by atoms with Crippen molar-refractivity contribution >= 4 is 28.8 Å². The summed E-state index contributed by atoms with van der Waals surface area (Å²) in [6.45, 7) is 1.78. The van der Waals surface area contributed by atoms with Gasteiger partial charge in [-0.05, 0) is 12.5 Å². The number of rotatable bonds is 4. The third kappa shape index (κ3) is 2.96. The number of nitrogens with two attached hydrogens (primary N) is 1. The first-order valence-electron chi connectivity index (χ1n) is 4.76. The van der Waals surface area contributed by atoms with E-state index in [4.69, 9.17) is 18.0 Å². The molecule has 0 saturated carbocycles. The molecule has 0 aliphatic carbocycles. The molecule has 0 aliphatic rings. The van der Waals surface area contributed by atoms with E-state index < -0.39 is 17.6 Å². The number of hydrogen-bond acceptors (Lipinski definition) is 3. The van der Waals surface area contributed by atoms with Crippen LogP contribution in [0.25, 0.3) is 0 Å². The summed E-state index contributed by atoms with van der Waals surface area (Å²) < 4.78 is 13.2. The number of nitrogens with one attached hydrogen (secondary N) is 1. The number of anilines is 1. The van der Waals surface area contributed by atoms with Crippen molar-refractivity contribution < 1.29 is 9.18 Å². The van der Waals surface area contributed by atoms with Crippen molar-refractivity contribution in [3.05, 3.63) is 24.3 Å². The third-order valence-corrected chi connectivity index (χ3v) is 2.38. The first-order chi connectivity index (χ1) is 7.56. The molecule has 86 valence electrons. The van der Waals surface area contributed by atoms with E-state index in [1.54, 1.807) is 6.92 Å². The van der Waals surface area contributed by atoms with Gasteiger partial charge >= 0.3 is 0 Å². The van der Waals surface area contributed by atoms with Crippen molar-refractivity contribution in [2.75, 3.05) is 5.32 Å². The molecule has 1 atom stereocenters. The van der Waals surface area contributed by atoms with E-state index in [1.807, 2.05) is 0 Å². The molecule has 0 bridgehead atoms. The van der Waals surface area contributed by atoms with E-state index in [9.17, 15) is 9.18 Å². The highest BCUT2D eigenvalue weighted by molar-refractivity contribution is 7.80. The van der Waals surface area contributed by atoms with Gasteiger partial charge in [0.15, 0.2) is 5.82 Å². The van der Waals surface area contributed by atoms with E-state index in [-0.39, 0.29) is 10.7 Å². The molecule has 1 amide bonds. The number of thiocarbonyl (C=S) groups is 1. The van der Waals surface area contributed by atoms with E-state index >= 15 is 0 Å². The minimum Gasteiger partial charge on any atom is -0.393 e. The fourth-order valence-electron chi connectivity index (χ4n) is 1.21. The fraction of sp³-hybridized carbons (Fsp3) is 0.300. The molecule has 0 spiro atoms. The maximum Gasteiger partial charge on any atom is 0.234 e. The second kappa shape index (κ2) is 5.50. The number of nitrogens with zero attached hydrogens (tertiary/aromatic N) is 1. The van der Waals surface area contributed by atoms with Crippen LogP contribution in [0, 0.1) is 11.7 Å². The average Bonchev–Trinajstić information content (AvgIpc) is 2.22. The van der Waals surface area contributed by atoms with Crippen molar-refractivity contribution in [2.45, 2.75) is 13.3 Å². The molecule has 6 heteroatoms. The number of carbonyl (C=O) groups excluding carboxylic acids is 1. The number of carbonyl (C=O) groups is 1. The molecule has 0 saturated heterocycles. The number of aromatic nitrogens is 1. The Labute approximate surface area is 98.1 Å². The highest BCUT2D eigenvalue weighted by Gasteiger charge is 2.20. The van der Waals surface area contributed by atoms with Gasteiger partial charge in [0, 0.05) is 6.20 Å². The summed E-state index contributed by atoms with van der Waals surface area (Å²) in [4.78, 5) is 15.4. The van der Waals surface area contributed by atoms with Gasteiger partial charge in [-0.3, -0.25) is 9.78 Å². The zero-order chi connectivity index (χ0) is 12.1. The third-order valence-electron chi connectivity index (χ3n) is 2.10. The predicted molar refractivity (Wildman–Crippen MR) is 63.4 cm³/mol. The highest BCUT2D eigenvalue weighted by Crippen LogP contribution is 2.13. The quantitative estimate of drug-likeness (QED) is 0.783. The lowest BCUT2D eigenvalue weighted by Gasteiger charge is -2.13. The van der Waals surface area contributed by atoms with E-state index in [0.717, 1.165) is 6.20 Å². The first kappa shape index (κ1) is 12.5. The molecular weight excluding hydrogens is 229 g/mol. The standard InChI is InChI=1S/C10H12FN3OS/c1-2-6(9(12)16)10(15)14-8-3-4-13-5-7(8)11/h3-6H,2H2,1H3,(H2,12,16)(H,13,14,15). The Morgan fingerprint density at radius 3 is 2.94 bits per heavy atom. The molecule has 0 fully saturated rings. The Bertz CT molecular complexity index is 411. The van der Waals surface area contributed by atoms with Crippen molar-refractivity contribution in [1.82, 2.24) is 4.98 Å². The summed E-state index contributed by atoms with van der Waals surface area (Å²) in [6.07, 6.45) is 2.89. The van der Waals surface area contributed by atoms with Gasteiger partial charge in [0.2, 0.25) is 5.91 Å². The van der Waals surface area contributed by atoms with Crippen molar-refractivity contribution in [3.8, 4) is 0 Å². The van der Waals surface area contributed by atoms with Gasteiger partial charge in [0.25, 0.3) is 0 Å². The lowest BCUT2D eigenvalue weighted by Crippen LogP contribution is -2.32. The van der Waals surface area contributed by atoms with Crippen LogP contribution in [0.2, 0.25) is 0 Å². The monoisotopic (exact) mass is 241 g/mol. The molecule has 1 aromatic rings. The minimum absolute atomic E-state index is 0.0784. The van der Waals surface area contributed by atoms with Crippen molar-refractivity contribution in [1.29, 1.82) is 0 Å². The largest absolute Gasteiger partial charge is 0.393 e. The van der Waals surface area contributed by atoms with Crippen LogP contribution in [0.4, 0.5) is 10.1 Å². The normalized spacial score (nSPS) is 11.9. The molecule has 1 heterocycles. The van der Waals surface area contributed by atoms with Gasteiger partial charge in [-0.2, -0.15) is 0 Å². The summed E-state index contributed by atoms with van der Waals surface area (Å²) in [7, 11) is 0. The lowest BCUT2D eigenvalue weighted by atomic mass is 10.1. The fourth-order valence-corrected chi connectivity index (χ4v) is 1.49. The molecule has 4 nitrogen and oxygen atoms in total. The average molecular weight is 241 g/mol. The Morgan fingerprint density at radius 2 is 2.44 bits per heavy atom. The van der Waals surface area contributed by atoms with Crippen LogP contribution in [0.5, 0.6) is 0 Å². The summed E-state index contributed by atoms with van der Waals surface area (Å²) in [5.41, 5.74) is 5.48. The summed E-state index contributed by atoms with van der Waals surface area (Å²) >= 11 is 4.75. The number of hydrogen-bond donors (Lipinski definition) is 2. The van der Waals surface area contributed by atoms with Gasteiger partial charge in [0.1, 0.15) is 0 Å². The second-order valence-electron chi connectivity index (χ2n) is 3.21. The molecule has 1 unspecified atom stereocenters. The van der Waals surface area contributed by atoms with Gasteiger partial charge in [-0.1, -0.05) is 19.1 Å². The molecule has 16 heavy (non-hydrogen) atoms. The SMILES string of the molecule is CCC(C(=O)Nc1ccncc1F)C(N)=S.